The number of benzene rings is 1. The van der Waals surface area contributed by atoms with Crippen LogP contribution in [0.5, 0.6) is 0 Å². The second-order valence-electron chi connectivity index (χ2n) is 9.09. The predicted molar refractivity (Wildman–Crippen MR) is 125 cm³/mol. The molecule has 1 radical (unpaired) electrons. The molecule has 5 nitrogen and oxygen atoms in total. The number of aromatic nitrogens is 1. The summed E-state index contributed by atoms with van der Waals surface area (Å²) >= 11 is 0. The van der Waals surface area contributed by atoms with Crippen molar-refractivity contribution in [2.75, 3.05) is 18.4 Å². The van der Waals surface area contributed by atoms with Crippen LogP contribution in [-0.4, -0.2) is 34.9 Å². The maximum absolute atomic E-state index is 12.5. The highest BCUT2D eigenvalue weighted by Gasteiger charge is 2.32. The zero-order valence-electron chi connectivity index (χ0n) is 18.3. The molecular formula is C26H29N4O. The van der Waals surface area contributed by atoms with E-state index in [0.717, 1.165) is 28.6 Å². The van der Waals surface area contributed by atoms with E-state index in [2.05, 4.69) is 52.2 Å². The molecular weight excluding hydrogens is 384 g/mol. The number of aryl methyl sites for hydroxylation is 1. The van der Waals surface area contributed by atoms with Gasteiger partial charge in [0.1, 0.15) is 5.82 Å². The van der Waals surface area contributed by atoms with Crippen molar-refractivity contribution in [3.05, 3.63) is 65.0 Å². The molecule has 2 aliphatic heterocycles. The van der Waals surface area contributed by atoms with Crippen LogP contribution in [0.1, 0.15) is 71.3 Å². The molecule has 31 heavy (non-hydrogen) atoms. The van der Waals surface area contributed by atoms with Crippen molar-refractivity contribution in [2.24, 2.45) is 0 Å². The number of hydrogen-bond donors (Lipinski definition) is 1. The number of allylic oxidation sites excluding steroid dienone is 1. The lowest BCUT2D eigenvalue weighted by molar-refractivity contribution is 0.0965. The number of nitrogens with one attached hydrogen (secondary N) is 1. The fourth-order valence-corrected chi connectivity index (χ4v) is 4.84. The Morgan fingerprint density at radius 2 is 1.94 bits per heavy atom. The van der Waals surface area contributed by atoms with Gasteiger partial charge < -0.3 is 10.2 Å². The van der Waals surface area contributed by atoms with Crippen LogP contribution in [0.15, 0.2) is 37.0 Å². The molecule has 0 spiro atoms. The third-order valence-electron chi connectivity index (χ3n) is 6.71. The maximum atomic E-state index is 12.5. The summed E-state index contributed by atoms with van der Waals surface area (Å²) < 4.78 is 0. The number of fused-ring (bicyclic) bond motifs is 1. The zero-order valence-corrected chi connectivity index (χ0v) is 18.3. The minimum absolute atomic E-state index is 0.267. The summed E-state index contributed by atoms with van der Waals surface area (Å²) in [6.07, 6.45) is 8.65. The Kier molecular flexibility index (Phi) is 5.14. The first-order chi connectivity index (χ1) is 15.0. The van der Waals surface area contributed by atoms with Crippen LogP contribution >= 0.6 is 0 Å². The Bertz CT molecular complexity index is 1080. The van der Waals surface area contributed by atoms with Crippen LogP contribution in [0, 0.1) is 6.92 Å². The summed E-state index contributed by atoms with van der Waals surface area (Å²) in [5.41, 5.74) is 6.64. The van der Waals surface area contributed by atoms with Gasteiger partial charge in [-0.15, -0.1) is 0 Å². The number of nitrogens with zero attached hydrogens (tertiary/aromatic N) is 3. The van der Waals surface area contributed by atoms with Crippen LogP contribution in [0.3, 0.4) is 0 Å². The van der Waals surface area contributed by atoms with E-state index in [-0.39, 0.29) is 5.91 Å². The average Bonchev–Trinajstić information content (AvgIpc) is 3.59. The van der Waals surface area contributed by atoms with Crippen LogP contribution in [0.25, 0.3) is 11.6 Å². The van der Waals surface area contributed by atoms with E-state index in [1.54, 1.807) is 6.20 Å². The molecule has 1 amide bonds. The van der Waals surface area contributed by atoms with Crippen LogP contribution in [-0.2, 0) is 0 Å². The lowest BCUT2D eigenvalue weighted by atomic mass is 9.86. The summed E-state index contributed by atoms with van der Waals surface area (Å²) in [5.74, 6) is 0.905. The summed E-state index contributed by atoms with van der Waals surface area (Å²) in [4.78, 5) is 19.8. The lowest BCUT2D eigenvalue weighted by Gasteiger charge is -2.33. The molecule has 0 atom stereocenters. The molecule has 159 valence electrons. The monoisotopic (exact) mass is 413 g/mol. The second-order valence-corrected chi connectivity index (χ2v) is 9.09. The van der Waals surface area contributed by atoms with E-state index >= 15 is 0 Å². The smallest absolute Gasteiger partial charge is 0.281 e. The van der Waals surface area contributed by atoms with Gasteiger partial charge in [-0.2, -0.15) is 0 Å². The van der Waals surface area contributed by atoms with Gasteiger partial charge in [0.05, 0.1) is 11.3 Å². The Hall–Kier alpha value is -2.92. The third-order valence-corrected chi connectivity index (χ3v) is 6.71. The molecule has 1 saturated carbocycles. The number of piperidine rings is 1. The largest absolute Gasteiger partial charge is 0.340 e. The van der Waals surface area contributed by atoms with E-state index in [1.165, 1.54) is 49.9 Å². The number of pyridine rings is 1. The van der Waals surface area contributed by atoms with Crippen molar-refractivity contribution in [3.63, 3.8) is 0 Å². The first kappa shape index (κ1) is 20.0. The highest BCUT2D eigenvalue weighted by Crippen LogP contribution is 2.36. The average molecular weight is 414 g/mol. The first-order valence-corrected chi connectivity index (χ1v) is 11.2. The highest BCUT2D eigenvalue weighted by atomic mass is 16.1. The Morgan fingerprint density at radius 1 is 1.16 bits per heavy atom. The number of carbonyl (C=O) groups excluding carboxylic acids is 1. The summed E-state index contributed by atoms with van der Waals surface area (Å²) in [7, 11) is 0. The predicted octanol–water partition coefficient (Wildman–Crippen LogP) is 5.24. The normalized spacial score (nSPS) is 19.1. The standard InChI is InChI=1S/C26H29N4O/c1-16(2)23-15-19-8-11-27-26(31)24(19)25(29-23)28-20-4-7-22(17(3)14-20)18-9-12-30(13-10-18)21-5-6-21/h4,7-8,11,14-15,18,21H,1,5-6,9-10,12-13H2,2-3H3,(H,28,29). The van der Waals surface area contributed by atoms with E-state index in [1.807, 2.05) is 19.1 Å². The first-order valence-electron chi connectivity index (χ1n) is 11.2. The van der Waals surface area contributed by atoms with E-state index < -0.39 is 0 Å². The van der Waals surface area contributed by atoms with Crippen molar-refractivity contribution in [1.29, 1.82) is 0 Å². The molecule has 5 heteroatoms. The Balaban J connectivity index is 1.39. The van der Waals surface area contributed by atoms with Gasteiger partial charge in [-0.3, -0.25) is 4.79 Å². The van der Waals surface area contributed by atoms with Gasteiger partial charge in [-0.25, -0.2) is 10.3 Å². The quantitative estimate of drug-likeness (QED) is 0.728. The summed E-state index contributed by atoms with van der Waals surface area (Å²) in [6, 6.07) is 9.29. The molecule has 1 saturated heterocycles. The molecule has 2 aromatic rings. The molecule has 1 aromatic heterocycles. The molecule has 2 fully saturated rings. The Morgan fingerprint density at radius 3 is 2.61 bits per heavy atom. The van der Waals surface area contributed by atoms with Gasteiger partial charge in [0.25, 0.3) is 5.91 Å². The Labute approximate surface area is 184 Å². The van der Waals surface area contributed by atoms with Crippen molar-refractivity contribution >= 4 is 29.1 Å². The van der Waals surface area contributed by atoms with E-state index in [9.17, 15) is 4.79 Å². The fourth-order valence-electron chi connectivity index (χ4n) is 4.84. The summed E-state index contributed by atoms with van der Waals surface area (Å²) in [6.45, 7) is 10.6. The molecule has 5 rings (SSSR count). The van der Waals surface area contributed by atoms with Crippen LogP contribution in [0.4, 0.5) is 11.5 Å². The van der Waals surface area contributed by atoms with Gasteiger partial charge in [0, 0.05) is 17.9 Å². The van der Waals surface area contributed by atoms with Crippen molar-refractivity contribution < 1.29 is 4.79 Å². The van der Waals surface area contributed by atoms with Crippen molar-refractivity contribution in [1.82, 2.24) is 15.2 Å². The number of anilines is 2. The van der Waals surface area contributed by atoms with Crippen LogP contribution in [0.2, 0.25) is 0 Å². The molecule has 3 heterocycles. The van der Waals surface area contributed by atoms with Crippen LogP contribution < -0.4 is 10.6 Å². The molecule has 1 aliphatic carbocycles. The SMILES string of the molecule is C=C(C)c1cc2c(c(Nc3ccc(C4CCN(C5CC5)CC4)c(C)c3)n1)C(=O)[N]C=C2. The zero-order chi connectivity index (χ0) is 21.5. The highest BCUT2D eigenvalue weighted by molar-refractivity contribution is 6.05. The number of rotatable bonds is 5. The number of amides is 1. The van der Waals surface area contributed by atoms with E-state index in [0.29, 0.717) is 17.3 Å². The topological polar surface area (TPSA) is 59.3 Å². The van der Waals surface area contributed by atoms with Gasteiger partial charge >= 0.3 is 0 Å². The van der Waals surface area contributed by atoms with Gasteiger partial charge in [0.2, 0.25) is 0 Å². The van der Waals surface area contributed by atoms with Gasteiger partial charge in [-0.05, 0) is 105 Å². The van der Waals surface area contributed by atoms with Gasteiger partial charge in [0.15, 0.2) is 0 Å². The third kappa shape index (κ3) is 4.02. The maximum Gasteiger partial charge on any atom is 0.281 e. The molecule has 1 N–H and O–H groups in total. The summed E-state index contributed by atoms with van der Waals surface area (Å²) in [5, 5.41) is 7.32. The second kappa shape index (κ2) is 7.97. The molecule has 1 aromatic carbocycles. The minimum Gasteiger partial charge on any atom is -0.340 e. The lowest BCUT2D eigenvalue weighted by Crippen LogP contribution is -2.34. The molecule has 0 bridgehead atoms. The number of likely N-dealkylation sites (tertiary alicyclic amines) is 1. The number of carbonyl (C=O) groups is 1. The van der Waals surface area contributed by atoms with Gasteiger partial charge in [-0.1, -0.05) is 12.6 Å². The fraction of sp³-hybridized carbons (Fsp3) is 0.385. The molecule has 0 unspecified atom stereocenters. The van der Waals surface area contributed by atoms with E-state index in [4.69, 9.17) is 0 Å². The molecule has 3 aliphatic rings. The minimum atomic E-state index is -0.267. The van der Waals surface area contributed by atoms with Crippen molar-refractivity contribution in [3.8, 4) is 0 Å². The number of hydrogen-bond acceptors (Lipinski definition) is 4. The van der Waals surface area contributed by atoms with Crippen molar-refractivity contribution in [2.45, 2.75) is 51.5 Å².